The third-order valence-corrected chi connectivity index (χ3v) is 4.95. The van der Waals surface area contributed by atoms with Crippen LogP contribution in [0.2, 0.25) is 0 Å². The Bertz CT molecular complexity index is 780. The van der Waals surface area contributed by atoms with Crippen LogP contribution in [0, 0.1) is 0 Å². The number of benzene rings is 1. The van der Waals surface area contributed by atoms with Crippen molar-refractivity contribution < 1.29 is 29.6 Å². The second-order valence-electron chi connectivity index (χ2n) is 6.30. The normalized spacial score (nSPS) is 34.3. The lowest BCUT2D eigenvalue weighted by molar-refractivity contribution is -0.182. The van der Waals surface area contributed by atoms with Gasteiger partial charge in [0, 0.05) is 19.6 Å². The zero-order valence-electron chi connectivity index (χ0n) is 12.4. The van der Waals surface area contributed by atoms with Crippen molar-refractivity contribution >= 4 is 5.78 Å². The topological polar surface area (TPSA) is 96.2 Å². The highest BCUT2D eigenvalue weighted by Crippen LogP contribution is 2.55. The third-order valence-electron chi connectivity index (χ3n) is 4.95. The molecule has 1 saturated heterocycles. The number of rotatable bonds is 1. The van der Waals surface area contributed by atoms with E-state index in [9.17, 15) is 20.1 Å². The second-order valence-corrected chi connectivity index (χ2v) is 6.30. The molecule has 23 heavy (non-hydrogen) atoms. The van der Waals surface area contributed by atoms with E-state index in [4.69, 9.17) is 9.47 Å². The summed E-state index contributed by atoms with van der Waals surface area (Å²) in [5.74, 6) is -0.345. The number of hydrogen-bond acceptors (Lipinski definition) is 6. The van der Waals surface area contributed by atoms with E-state index in [1.165, 1.54) is 31.4 Å². The lowest BCUT2D eigenvalue weighted by Gasteiger charge is -2.55. The Kier molecular flexibility index (Phi) is 2.71. The van der Waals surface area contributed by atoms with Gasteiger partial charge in [0.2, 0.25) is 0 Å². The number of ether oxygens (including phenoxy) is 2. The number of hydrogen-bond donors (Lipinski definition) is 3. The van der Waals surface area contributed by atoms with Crippen molar-refractivity contribution in [1.29, 1.82) is 0 Å². The summed E-state index contributed by atoms with van der Waals surface area (Å²) in [6.45, 7) is -0.0126. The minimum Gasteiger partial charge on any atom is -0.504 e. The van der Waals surface area contributed by atoms with Crippen molar-refractivity contribution in [3.63, 3.8) is 0 Å². The maximum Gasteiger partial charge on any atom is 0.181 e. The number of phenols is 2. The van der Waals surface area contributed by atoms with Gasteiger partial charge in [0.25, 0.3) is 0 Å². The Labute approximate surface area is 132 Å². The number of aromatic hydroxyl groups is 2. The van der Waals surface area contributed by atoms with Gasteiger partial charge in [-0.3, -0.25) is 4.79 Å². The molecule has 1 fully saturated rings. The maximum absolute atomic E-state index is 11.7. The van der Waals surface area contributed by atoms with Crippen LogP contribution in [-0.4, -0.2) is 46.5 Å². The first-order valence-electron chi connectivity index (χ1n) is 7.29. The Balaban J connectivity index is 2.06. The van der Waals surface area contributed by atoms with Gasteiger partial charge in [-0.15, -0.1) is 0 Å². The molecule has 3 aliphatic rings. The third kappa shape index (κ3) is 1.67. The van der Waals surface area contributed by atoms with Crippen LogP contribution in [0.25, 0.3) is 0 Å². The van der Waals surface area contributed by atoms with Crippen LogP contribution >= 0.6 is 0 Å². The zero-order valence-corrected chi connectivity index (χ0v) is 12.4. The molecule has 3 N–H and O–H groups in total. The predicted octanol–water partition coefficient (Wildman–Crippen LogP) is 0.691. The molecule has 1 aliphatic heterocycles. The highest BCUT2D eigenvalue weighted by Gasteiger charge is 2.62. The molecule has 1 heterocycles. The van der Waals surface area contributed by atoms with Crippen molar-refractivity contribution in [1.82, 2.24) is 0 Å². The van der Waals surface area contributed by atoms with Gasteiger partial charge in [-0.2, -0.15) is 0 Å². The van der Waals surface area contributed by atoms with Crippen molar-refractivity contribution in [2.45, 2.75) is 23.5 Å². The van der Waals surface area contributed by atoms with Crippen LogP contribution in [0.15, 0.2) is 36.1 Å². The molecule has 0 radical (unpaired) electrons. The summed E-state index contributed by atoms with van der Waals surface area (Å²) in [4.78, 5) is 11.7. The monoisotopic (exact) mass is 316 g/mol. The Morgan fingerprint density at radius 3 is 2.78 bits per heavy atom. The quantitative estimate of drug-likeness (QED) is 0.660. The fourth-order valence-electron chi connectivity index (χ4n) is 4.07. The van der Waals surface area contributed by atoms with E-state index in [1.54, 1.807) is 6.08 Å². The van der Waals surface area contributed by atoms with E-state index in [2.05, 4.69) is 0 Å². The van der Waals surface area contributed by atoms with Gasteiger partial charge in [0.05, 0.1) is 0 Å². The highest BCUT2D eigenvalue weighted by molar-refractivity contribution is 6.01. The Hall–Kier alpha value is -2.31. The van der Waals surface area contributed by atoms with Crippen LogP contribution in [-0.2, 0) is 26.1 Å². The van der Waals surface area contributed by atoms with Crippen LogP contribution in [0.3, 0.4) is 0 Å². The molecule has 3 atom stereocenters. The van der Waals surface area contributed by atoms with Gasteiger partial charge < -0.3 is 24.8 Å². The van der Waals surface area contributed by atoms with Crippen LogP contribution in [0.5, 0.6) is 11.5 Å². The molecular weight excluding hydrogens is 300 g/mol. The lowest BCUT2D eigenvalue weighted by atomic mass is 9.58. The summed E-state index contributed by atoms with van der Waals surface area (Å²) in [5.41, 5.74) is -0.968. The molecular formula is C17H16O6. The minimum absolute atomic E-state index is 0.0126. The molecule has 120 valence electrons. The Morgan fingerprint density at radius 2 is 2.04 bits per heavy atom. The fourth-order valence-corrected chi connectivity index (χ4v) is 4.07. The lowest BCUT2D eigenvalue weighted by Crippen LogP contribution is -2.66. The van der Waals surface area contributed by atoms with Gasteiger partial charge in [0.1, 0.15) is 29.5 Å². The largest absolute Gasteiger partial charge is 0.504 e. The van der Waals surface area contributed by atoms with Crippen LogP contribution in [0.4, 0.5) is 0 Å². The molecule has 4 rings (SSSR count). The average molecular weight is 316 g/mol. The summed E-state index contributed by atoms with van der Waals surface area (Å²) in [5, 5.41) is 30.8. The molecule has 0 amide bonds. The first-order valence-corrected chi connectivity index (χ1v) is 7.29. The molecule has 0 saturated carbocycles. The molecule has 6 heteroatoms. The summed E-state index contributed by atoms with van der Waals surface area (Å²) in [6.07, 6.45) is 3.98. The van der Waals surface area contributed by atoms with Gasteiger partial charge >= 0.3 is 0 Å². The predicted molar refractivity (Wildman–Crippen MR) is 79.1 cm³/mol. The number of aliphatic hydroxyl groups is 1. The van der Waals surface area contributed by atoms with Gasteiger partial charge in [-0.25, -0.2) is 0 Å². The number of fused-ring (bicyclic) bond motifs is 2. The molecule has 1 aromatic carbocycles. The minimum atomic E-state index is -1.30. The van der Waals surface area contributed by atoms with Crippen molar-refractivity contribution in [2.24, 2.45) is 0 Å². The molecule has 2 bridgehead atoms. The molecule has 0 aromatic heterocycles. The SMILES string of the molecule is CO[C@@H]1C23C=CC(=O)C=C2OC[C@]1(O)Cc1cc(O)c(O)cc13. The van der Waals surface area contributed by atoms with Crippen molar-refractivity contribution in [3.05, 3.63) is 47.2 Å². The van der Waals surface area contributed by atoms with E-state index in [-0.39, 0.29) is 30.3 Å². The number of phenolic OH excluding ortho intramolecular Hbond substituents is 2. The highest BCUT2D eigenvalue weighted by atomic mass is 16.5. The summed E-state index contributed by atoms with van der Waals surface area (Å²) in [7, 11) is 1.50. The number of allylic oxidation sites excluding steroid dienone is 2. The van der Waals surface area contributed by atoms with Crippen LogP contribution < -0.4 is 0 Å². The average Bonchev–Trinajstić information content (AvgIpc) is 2.50. The zero-order chi connectivity index (χ0) is 16.4. The van der Waals surface area contributed by atoms with Crippen molar-refractivity contribution in [3.8, 4) is 11.5 Å². The smallest absolute Gasteiger partial charge is 0.181 e. The summed E-state index contributed by atoms with van der Waals surface area (Å²) >= 11 is 0. The first kappa shape index (κ1) is 14.3. The van der Waals surface area contributed by atoms with E-state index in [1.807, 2.05) is 0 Å². The number of methoxy groups -OCH3 is 1. The van der Waals surface area contributed by atoms with Gasteiger partial charge in [-0.05, 0) is 29.3 Å². The van der Waals surface area contributed by atoms with Crippen molar-refractivity contribution in [2.75, 3.05) is 13.7 Å². The van der Waals surface area contributed by atoms with Gasteiger partial charge in [-0.1, -0.05) is 6.08 Å². The number of carbonyl (C=O) groups excluding carboxylic acids is 1. The Morgan fingerprint density at radius 1 is 1.30 bits per heavy atom. The van der Waals surface area contributed by atoms with Crippen LogP contribution in [0.1, 0.15) is 11.1 Å². The van der Waals surface area contributed by atoms with Gasteiger partial charge in [0.15, 0.2) is 17.3 Å². The maximum atomic E-state index is 11.7. The van der Waals surface area contributed by atoms with E-state index >= 15 is 0 Å². The van der Waals surface area contributed by atoms with E-state index < -0.39 is 17.1 Å². The summed E-state index contributed by atoms with van der Waals surface area (Å²) < 4.78 is 11.3. The summed E-state index contributed by atoms with van der Waals surface area (Å²) in [6, 6.07) is 2.88. The first-order chi connectivity index (χ1) is 10.9. The molecule has 2 aliphatic carbocycles. The second kappa shape index (κ2) is 4.37. The van der Waals surface area contributed by atoms with E-state index in [0.29, 0.717) is 16.9 Å². The fraction of sp³-hybridized carbons (Fsp3) is 0.353. The standard InChI is InChI=1S/C17H16O6/c1-22-15-16(21)7-9-4-12(19)13(20)6-11(9)17(15)3-2-10(18)5-14(17)23-8-16/h2-6,15,19-21H,7-8H2,1H3/t15-,16+,17?/m0/s1. The molecule has 1 unspecified atom stereocenters. The molecule has 1 aromatic rings. The molecule has 1 spiro atoms. The molecule has 6 nitrogen and oxygen atoms in total. The number of ketones is 1. The van der Waals surface area contributed by atoms with E-state index in [0.717, 1.165) is 0 Å². The number of carbonyl (C=O) groups is 1.